The van der Waals surface area contributed by atoms with E-state index in [-0.39, 0.29) is 0 Å². The molecule has 0 unspecified atom stereocenters. The summed E-state index contributed by atoms with van der Waals surface area (Å²) in [6, 6.07) is 18.6. The molecule has 2 rings (SSSR count). The number of benzene rings is 2. The lowest BCUT2D eigenvalue weighted by atomic mass is 10.1. The normalized spacial score (nSPS) is 9.67. The Morgan fingerprint density at radius 2 is 1.72 bits per heavy atom. The minimum Gasteiger partial charge on any atom is -0.110 e. The lowest BCUT2D eigenvalue weighted by Gasteiger charge is -1.98. The van der Waals surface area contributed by atoms with Crippen molar-refractivity contribution in [1.29, 1.82) is 0 Å². The topological polar surface area (TPSA) is 0 Å². The Labute approximate surface area is 121 Å². The van der Waals surface area contributed by atoms with Gasteiger partial charge in [0.25, 0.3) is 0 Å². The molecular formula is C16H13BrS. The third kappa shape index (κ3) is 3.92. The summed E-state index contributed by atoms with van der Waals surface area (Å²) in [6.45, 7) is 2.07. The molecule has 2 aromatic carbocycles. The van der Waals surface area contributed by atoms with Gasteiger partial charge in [0, 0.05) is 14.8 Å². The van der Waals surface area contributed by atoms with Crippen LogP contribution in [0.3, 0.4) is 0 Å². The molecule has 0 aromatic heterocycles. The molecule has 0 aliphatic rings. The van der Waals surface area contributed by atoms with Gasteiger partial charge in [-0.2, -0.15) is 0 Å². The maximum absolute atomic E-state index is 3.44. The van der Waals surface area contributed by atoms with Gasteiger partial charge in [-0.3, -0.25) is 0 Å². The Kier molecular flexibility index (Phi) is 4.89. The summed E-state index contributed by atoms with van der Waals surface area (Å²) in [5, 5.41) is 2.01. The van der Waals surface area contributed by atoms with Crippen molar-refractivity contribution in [2.45, 2.75) is 11.8 Å². The van der Waals surface area contributed by atoms with E-state index in [0.29, 0.717) is 0 Å². The fourth-order valence-corrected chi connectivity index (χ4v) is 2.42. The zero-order valence-corrected chi connectivity index (χ0v) is 12.5. The Morgan fingerprint density at radius 3 is 2.39 bits per heavy atom. The molecule has 0 aliphatic carbocycles. The fraction of sp³-hybridized carbons (Fsp3) is 0.0625. The molecule has 0 bridgehead atoms. The van der Waals surface area contributed by atoms with Crippen molar-refractivity contribution in [3.63, 3.8) is 0 Å². The highest BCUT2D eigenvalue weighted by Crippen LogP contribution is 2.20. The van der Waals surface area contributed by atoms with E-state index >= 15 is 0 Å². The van der Waals surface area contributed by atoms with Crippen LogP contribution in [-0.2, 0) is 0 Å². The van der Waals surface area contributed by atoms with Crippen molar-refractivity contribution in [2.75, 3.05) is 0 Å². The number of hydrogen-bond donors (Lipinski definition) is 0. The van der Waals surface area contributed by atoms with Gasteiger partial charge >= 0.3 is 0 Å². The summed E-state index contributed by atoms with van der Waals surface area (Å²) in [5.74, 6) is 0. The minimum atomic E-state index is 1.10. The first kappa shape index (κ1) is 13.2. The summed E-state index contributed by atoms with van der Waals surface area (Å²) in [6.07, 6.45) is 0. The average Bonchev–Trinajstić information content (AvgIpc) is 2.40. The van der Waals surface area contributed by atoms with Gasteiger partial charge in [-0.05, 0) is 42.3 Å². The van der Waals surface area contributed by atoms with Crippen LogP contribution in [0.4, 0.5) is 0 Å². The Balaban J connectivity index is 2.10. The van der Waals surface area contributed by atoms with Crippen LogP contribution in [-0.4, -0.2) is 0 Å². The third-order valence-electron chi connectivity index (χ3n) is 2.49. The summed E-state index contributed by atoms with van der Waals surface area (Å²) < 4.78 is 1.10. The van der Waals surface area contributed by atoms with Crippen LogP contribution in [0.2, 0.25) is 0 Å². The number of thioether (sulfide) groups is 1. The van der Waals surface area contributed by atoms with Crippen LogP contribution in [0, 0.1) is 0 Å². The van der Waals surface area contributed by atoms with Crippen molar-refractivity contribution in [1.82, 2.24) is 0 Å². The fourth-order valence-electron chi connectivity index (χ4n) is 1.47. The zero-order chi connectivity index (χ0) is 12.8. The van der Waals surface area contributed by atoms with E-state index in [2.05, 4.69) is 52.9 Å². The third-order valence-corrected chi connectivity index (χ3v) is 3.80. The van der Waals surface area contributed by atoms with E-state index in [1.54, 1.807) is 11.8 Å². The summed E-state index contributed by atoms with van der Waals surface area (Å²) >= 11 is 5.12. The summed E-state index contributed by atoms with van der Waals surface area (Å²) in [5.41, 5.74) is 5.65. The van der Waals surface area contributed by atoms with E-state index in [4.69, 9.17) is 0 Å². The van der Waals surface area contributed by atoms with Crippen LogP contribution >= 0.6 is 27.7 Å². The Morgan fingerprint density at radius 1 is 1.06 bits per heavy atom. The van der Waals surface area contributed by atoms with Crippen molar-refractivity contribution >= 4 is 33.3 Å². The van der Waals surface area contributed by atoms with E-state index in [1.165, 1.54) is 10.5 Å². The van der Waals surface area contributed by atoms with Gasteiger partial charge in [0.2, 0.25) is 0 Å². The molecule has 0 N–H and O–H groups in total. The number of allylic oxidation sites excluding steroid dienone is 1. The molecule has 18 heavy (non-hydrogen) atoms. The Bertz CT molecular complexity index is 564. The van der Waals surface area contributed by atoms with E-state index < -0.39 is 0 Å². The Hall–Kier alpha value is -1.21. The van der Waals surface area contributed by atoms with Crippen LogP contribution in [0.15, 0.2) is 75.1 Å². The molecule has 0 saturated carbocycles. The van der Waals surface area contributed by atoms with Gasteiger partial charge in [0.1, 0.15) is 0 Å². The molecule has 0 fully saturated rings. The molecule has 2 heteroatoms. The van der Waals surface area contributed by atoms with Gasteiger partial charge in [-0.25, -0.2) is 0 Å². The highest BCUT2D eigenvalue weighted by atomic mass is 79.9. The molecule has 2 aromatic rings. The molecular weight excluding hydrogens is 304 g/mol. The lowest BCUT2D eigenvalue weighted by molar-refractivity contribution is 1.47. The van der Waals surface area contributed by atoms with Gasteiger partial charge in [-0.1, -0.05) is 58.0 Å². The average molecular weight is 317 g/mol. The highest BCUT2D eigenvalue weighted by molar-refractivity contribution is 9.10. The molecule has 90 valence electrons. The van der Waals surface area contributed by atoms with Crippen molar-refractivity contribution in [3.8, 4) is 0 Å². The van der Waals surface area contributed by atoms with Crippen molar-refractivity contribution in [2.24, 2.45) is 0 Å². The predicted octanol–water partition coefficient (Wildman–Crippen LogP) is 5.76. The zero-order valence-electron chi connectivity index (χ0n) is 10.1. The first-order valence-corrected chi connectivity index (χ1v) is 7.32. The molecule has 0 spiro atoms. The lowest BCUT2D eigenvalue weighted by Crippen LogP contribution is -1.76. The monoisotopic (exact) mass is 316 g/mol. The molecule has 0 amide bonds. The second kappa shape index (κ2) is 6.65. The van der Waals surface area contributed by atoms with E-state index in [0.717, 1.165) is 10.0 Å². The number of hydrogen-bond acceptors (Lipinski definition) is 1. The number of halogens is 1. The molecule has 0 saturated heterocycles. The first-order valence-electron chi connectivity index (χ1n) is 5.65. The summed E-state index contributed by atoms with van der Waals surface area (Å²) in [7, 11) is 0. The first-order chi connectivity index (χ1) is 8.75. The number of rotatable bonds is 3. The SMILES string of the molecule is CC(=C=CSc1ccccc1)c1ccc(Br)cc1. The molecule has 0 nitrogen and oxygen atoms in total. The van der Waals surface area contributed by atoms with Crippen molar-refractivity contribution in [3.05, 3.63) is 75.8 Å². The molecule has 0 heterocycles. The second-order valence-corrected chi connectivity index (χ2v) is 5.68. The van der Waals surface area contributed by atoms with Gasteiger partial charge in [0.15, 0.2) is 0 Å². The van der Waals surface area contributed by atoms with Crippen LogP contribution in [0.5, 0.6) is 0 Å². The predicted molar refractivity (Wildman–Crippen MR) is 83.6 cm³/mol. The highest BCUT2D eigenvalue weighted by Gasteiger charge is 1.93. The van der Waals surface area contributed by atoms with Crippen molar-refractivity contribution < 1.29 is 0 Å². The quantitative estimate of drug-likeness (QED) is 0.512. The van der Waals surface area contributed by atoms with Gasteiger partial charge in [0.05, 0.1) is 0 Å². The van der Waals surface area contributed by atoms with Crippen LogP contribution < -0.4 is 0 Å². The summed E-state index contributed by atoms with van der Waals surface area (Å²) in [4.78, 5) is 1.23. The van der Waals surface area contributed by atoms with Crippen LogP contribution in [0.25, 0.3) is 5.57 Å². The maximum atomic E-state index is 3.44. The molecule has 0 atom stereocenters. The smallest absolute Gasteiger partial charge is 0.0182 e. The minimum absolute atomic E-state index is 1.10. The maximum Gasteiger partial charge on any atom is 0.0182 e. The van der Waals surface area contributed by atoms with Crippen LogP contribution in [0.1, 0.15) is 12.5 Å². The molecule has 0 radical (unpaired) electrons. The van der Waals surface area contributed by atoms with Gasteiger partial charge in [-0.15, -0.1) is 5.73 Å². The van der Waals surface area contributed by atoms with E-state index in [9.17, 15) is 0 Å². The standard InChI is InChI=1S/C16H13BrS/c1-13(14-7-9-15(17)10-8-14)11-12-18-16-5-3-2-4-6-16/h2-10,12H,1H3. The van der Waals surface area contributed by atoms with Gasteiger partial charge < -0.3 is 0 Å². The second-order valence-electron chi connectivity index (χ2n) is 3.82. The largest absolute Gasteiger partial charge is 0.110 e. The molecule has 0 aliphatic heterocycles. The van der Waals surface area contributed by atoms with E-state index in [1.807, 2.05) is 35.7 Å².